The van der Waals surface area contributed by atoms with Gasteiger partial charge in [-0.25, -0.2) is 15.0 Å². The van der Waals surface area contributed by atoms with E-state index in [4.69, 9.17) is 9.84 Å². The molecule has 3 aromatic rings. The van der Waals surface area contributed by atoms with Crippen molar-refractivity contribution in [3.05, 3.63) is 94.8 Å². The van der Waals surface area contributed by atoms with Gasteiger partial charge in [0.05, 0.1) is 17.5 Å². The number of thioether (sulfide) groups is 1. The van der Waals surface area contributed by atoms with Gasteiger partial charge in [-0.2, -0.15) is 5.10 Å². The number of benzene rings is 2. The van der Waals surface area contributed by atoms with Gasteiger partial charge in [0.1, 0.15) is 0 Å². The van der Waals surface area contributed by atoms with Crippen LogP contribution in [0.3, 0.4) is 0 Å². The number of aryl methyl sites for hydroxylation is 2. The number of carbonyl (C=O) groups excluding carboxylic acids is 2. The maximum Gasteiger partial charge on any atom is 0.316 e. The van der Waals surface area contributed by atoms with Crippen LogP contribution in [-0.4, -0.2) is 44.9 Å². The Morgan fingerprint density at radius 2 is 1.71 bits per heavy atom. The van der Waals surface area contributed by atoms with Crippen LogP contribution in [0.2, 0.25) is 0 Å². The van der Waals surface area contributed by atoms with E-state index in [1.165, 1.54) is 16.8 Å². The Kier molecular flexibility index (Phi) is 7.98. The molecule has 0 unspecified atom stereocenters. The Morgan fingerprint density at radius 3 is 2.42 bits per heavy atom. The second-order valence-electron chi connectivity index (χ2n) is 9.54. The fraction of sp³-hybridized carbons (Fsp3) is 0.300. The molecule has 0 bridgehead atoms. The molecule has 1 aliphatic heterocycles. The summed E-state index contributed by atoms with van der Waals surface area (Å²) < 4.78 is 5.37. The fourth-order valence-corrected chi connectivity index (χ4v) is 5.82. The van der Waals surface area contributed by atoms with Gasteiger partial charge in [0.15, 0.2) is 11.8 Å². The highest BCUT2D eigenvalue weighted by Gasteiger charge is 2.43. The predicted octanol–water partition coefficient (Wildman–Crippen LogP) is 5.55. The third-order valence-electron chi connectivity index (χ3n) is 6.68. The summed E-state index contributed by atoms with van der Waals surface area (Å²) >= 11 is 1.20. The first-order chi connectivity index (χ1) is 18.5. The van der Waals surface area contributed by atoms with Crippen molar-refractivity contribution in [3.63, 3.8) is 0 Å². The van der Waals surface area contributed by atoms with Crippen molar-refractivity contribution >= 4 is 35.4 Å². The molecule has 1 aromatic heterocycles. The van der Waals surface area contributed by atoms with Crippen LogP contribution in [0, 0.1) is 19.8 Å². The first-order valence-corrected chi connectivity index (χ1v) is 13.8. The molecule has 2 atom stereocenters. The molecule has 194 valence electrons. The third kappa shape index (κ3) is 6.02. The Morgan fingerprint density at radius 1 is 1.03 bits per heavy atom. The van der Waals surface area contributed by atoms with E-state index in [1.807, 2.05) is 68.4 Å². The Labute approximate surface area is 227 Å². The van der Waals surface area contributed by atoms with Gasteiger partial charge in [-0.1, -0.05) is 72.4 Å². The molecule has 7 nitrogen and oxygen atoms in total. The zero-order valence-electron chi connectivity index (χ0n) is 21.5. The van der Waals surface area contributed by atoms with Crippen molar-refractivity contribution in [1.82, 2.24) is 15.0 Å². The molecule has 2 heterocycles. The zero-order valence-corrected chi connectivity index (χ0v) is 22.4. The Balaban J connectivity index is 1.31. The molecule has 1 aliphatic carbocycles. The van der Waals surface area contributed by atoms with Gasteiger partial charge in [0, 0.05) is 17.3 Å². The number of esters is 1. The minimum Gasteiger partial charge on any atom is -0.455 e. The van der Waals surface area contributed by atoms with Gasteiger partial charge >= 0.3 is 5.97 Å². The van der Waals surface area contributed by atoms with E-state index in [-0.39, 0.29) is 30.2 Å². The minimum absolute atomic E-state index is 0.0272. The maximum atomic E-state index is 13.4. The van der Waals surface area contributed by atoms with Crippen LogP contribution in [0.25, 0.3) is 6.08 Å². The van der Waals surface area contributed by atoms with E-state index in [2.05, 4.69) is 28.2 Å². The normalized spacial score (nSPS) is 19.7. The van der Waals surface area contributed by atoms with Crippen LogP contribution in [0.15, 0.2) is 82.6 Å². The number of allylic oxidation sites excluding steroid dienone is 1. The summed E-state index contributed by atoms with van der Waals surface area (Å²) in [6, 6.07) is 21.8. The van der Waals surface area contributed by atoms with Gasteiger partial charge in [0.25, 0.3) is 5.91 Å². The van der Waals surface area contributed by atoms with Crippen molar-refractivity contribution in [2.45, 2.75) is 44.3 Å². The van der Waals surface area contributed by atoms with Gasteiger partial charge in [-0.15, -0.1) is 0 Å². The summed E-state index contributed by atoms with van der Waals surface area (Å²) in [4.78, 5) is 34.5. The molecule has 0 radical (unpaired) electrons. The van der Waals surface area contributed by atoms with Crippen LogP contribution in [0.4, 0.5) is 0 Å². The van der Waals surface area contributed by atoms with E-state index in [0.29, 0.717) is 5.16 Å². The standard InChI is InChI=1S/C30H30N4O3S/c1-20-16-21(2)32-30(31-20)38-19-27(36)37-18-26(35)34-29(23-12-7-4-8-13-23)25-15-9-14-24(28(25)33-34)17-22-10-5-3-6-11-22/h3-8,10-13,16-17,25,29H,9,14-15,18-19H2,1-2H3/b24-17-/t25-,29+/m0/s1. The monoisotopic (exact) mass is 526 g/mol. The molecule has 5 rings (SSSR count). The molecule has 38 heavy (non-hydrogen) atoms. The average molecular weight is 527 g/mol. The molecule has 0 saturated heterocycles. The molecule has 2 aromatic carbocycles. The SMILES string of the molecule is Cc1cc(C)nc(SCC(=O)OCC(=O)N2N=C3/C(=C\c4ccccc4)CCC[C@@H]3[C@H]2c2ccccc2)n1. The second-order valence-corrected chi connectivity index (χ2v) is 10.5. The fourth-order valence-electron chi connectivity index (χ4n) is 5.07. The predicted molar refractivity (Wildman–Crippen MR) is 148 cm³/mol. The van der Waals surface area contributed by atoms with Crippen LogP contribution in [0.1, 0.15) is 47.8 Å². The van der Waals surface area contributed by atoms with Crippen molar-refractivity contribution in [1.29, 1.82) is 0 Å². The number of rotatable bonds is 7. The highest BCUT2D eigenvalue weighted by molar-refractivity contribution is 7.99. The molecule has 1 amide bonds. The first-order valence-electron chi connectivity index (χ1n) is 12.8. The maximum absolute atomic E-state index is 13.4. The number of hydrogen-bond acceptors (Lipinski definition) is 7. The molecule has 1 saturated carbocycles. The van der Waals surface area contributed by atoms with Crippen LogP contribution >= 0.6 is 11.8 Å². The zero-order chi connectivity index (χ0) is 26.5. The molecule has 1 fully saturated rings. The summed E-state index contributed by atoms with van der Waals surface area (Å²) in [5.74, 6) is -0.700. The van der Waals surface area contributed by atoms with Crippen LogP contribution in [0.5, 0.6) is 0 Å². The number of fused-ring (bicyclic) bond motifs is 1. The number of aromatic nitrogens is 2. The lowest BCUT2D eigenvalue weighted by Gasteiger charge is -2.29. The van der Waals surface area contributed by atoms with Gasteiger partial charge in [0.2, 0.25) is 0 Å². The average Bonchev–Trinajstić information content (AvgIpc) is 3.32. The number of amides is 1. The van der Waals surface area contributed by atoms with Gasteiger partial charge in [-0.3, -0.25) is 9.59 Å². The molecule has 8 heteroatoms. The highest BCUT2D eigenvalue weighted by atomic mass is 32.2. The van der Waals surface area contributed by atoms with E-state index in [1.54, 1.807) is 0 Å². The minimum atomic E-state index is -0.490. The van der Waals surface area contributed by atoms with E-state index in [9.17, 15) is 9.59 Å². The number of hydrazone groups is 1. The van der Waals surface area contributed by atoms with Crippen molar-refractivity contribution in [2.75, 3.05) is 12.4 Å². The highest BCUT2D eigenvalue weighted by Crippen LogP contribution is 2.44. The molecule has 0 spiro atoms. The quantitative estimate of drug-likeness (QED) is 0.228. The van der Waals surface area contributed by atoms with Crippen LogP contribution < -0.4 is 0 Å². The summed E-state index contributed by atoms with van der Waals surface area (Å²) in [6.07, 6.45) is 5.06. The smallest absolute Gasteiger partial charge is 0.316 e. The summed E-state index contributed by atoms with van der Waals surface area (Å²) in [6.45, 7) is 3.40. The number of nitrogens with zero attached hydrogens (tertiary/aromatic N) is 4. The topological polar surface area (TPSA) is 84.8 Å². The van der Waals surface area contributed by atoms with E-state index < -0.39 is 5.97 Å². The second kappa shape index (κ2) is 11.7. The largest absolute Gasteiger partial charge is 0.455 e. The Bertz CT molecular complexity index is 1350. The van der Waals surface area contributed by atoms with Crippen LogP contribution in [-0.2, 0) is 14.3 Å². The van der Waals surface area contributed by atoms with Gasteiger partial charge < -0.3 is 4.74 Å². The number of ether oxygens (including phenoxy) is 1. The lowest BCUT2D eigenvalue weighted by atomic mass is 9.77. The summed E-state index contributed by atoms with van der Waals surface area (Å²) in [5.41, 5.74) is 5.93. The van der Waals surface area contributed by atoms with Gasteiger partial charge in [-0.05, 0) is 62.0 Å². The lowest BCUT2D eigenvalue weighted by Crippen LogP contribution is -2.34. The lowest BCUT2D eigenvalue weighted by molar-refractivity contribution is -0.151. The van der Waals surface area contributed by atoms with Crippen molar-refractivity contribution in [2.24, 2.45) is 11.0 Å². The summed E-state index contributed by atoms with van der Waals surface area (Å²) in [5, 5.41) is 6.90. The molecule has 2 aliphatic rings. The van der Waals surface area contributed by atoms with E-state index in [0.717, 1.165) is 53.1 Å². The first kappa shape index (κ1) is 25.9. The number of hydrogen-bond donors (Lipinski definition) is 0. The summed E-state index contributed by atoms with van der Waals surface area (Å²) in [7, 11) is 0. The molecular weight excluding hydrogens is 496 g/mol. The van der Waals surface area contributed by atoms with Crippen molar-refractivity contribution in [3.8, 4) is 0 Å². The van der Waals surface area contributed by atoms with E-state index >= 15 is 0 Å². The molecule has 0 N–H and O–H groups in total. The molecular formula is C30H30N4O3S. The van der Waals surface area contributed by atoms with Crippen molar-refractivity contribution < 1.29 is 14.3 Å². The Hall–Kier alpha value is -3.78. The third-order valence-corrected chi connectivity index (χ3v) is 7.50. The number of carbonyl (C=O) groups is 2.